The lowest BCUT2D eigenvalue weighted by molar-refractivity contribution is 0.320. The summed E-state index contributed by atoms with van der Waals surface area (Å²) in [5.74, 6) is 0.898. The van der Waals surface area contributed by atoms with Gasteiger partial charge in [0.05, 0.1) is 11.1 Å². The maximum absolute atomic E-state index is 5.94. The summed E-state index contributed by atoms with van der Waals surface area (Å²) >= 11 is 3.54. The Hall–Kier alpha value is -2.65. The fourth-order valence-electron chi connectivity index (χ4n) is 3.22. The molecule has 0 fully saturated rings. The maximum atomic E-state index is 5.94. The largest absolute Gasteiger partial charge is 0.492 e. The first-order chi connectivity index (χ1) is 13.2. The van der Waals surface area contributed by atoms with E-state index in [1.165, 1.54) is 33.0 Å². The van der Waals surface area contributed by atoms with Crippen molar-refractivity contribution < 1.29 is 4.74 Å². The molecule has 0 amide bonds. The van der Waals surface area contributed by atoms with Gasteiger partial charge in [-0.2, -0.15) is 0 Å². The molecule has 2 nitrogen and oxygen atoms in total. The van der Waals surface area contributed by atoms with Gasteiger partial charge in [-0.15, -0.1) is 0 Å². The van der Waals surface area contributed by atoms with Gasteiger partial charge in [0.2, 0.25) is 0 Å². The highest BCUT2D eigenvalue weighted by molar-refractivity contribution is 9.10. The van der Waals surface area contributed by atoms with Crippen LogP contribution in [0.5, 0.6) is 5.75 Å². The number of fused-ring (bicyclic) bond motifs is 1. The zero-order valence-electron chi connectivity index (χ0n) is 15.2. The highest BCUT2D eigenvalue weighted by atomic mass is 79.9. The van der Waals surface area contributed by atoms with E-state index in [1.807, 2.05) is 24.5 Å². The third-order valence-electron chi connectivity index (χ3n) is 4.68. The summed E-state index contributed by atoms with van der Waals surface area (Å²) in [7, 11) is 0. The SMILES string of the molecule is Cc1ccc(Br)c(OCCc2ccc(-c3cccc4ccncc34)cc2)c1. The lowest BCUT2D eigenvalue weighted by Gasteiger charge is -2.10. The Balaban J connectivity index is 1.47. The molecule has 1 aromatic heterocycles. The van der Waals surface area contributed by atoms with Crippen molar-refractivity contribution in [2.45, 2.75) is 13.3 Å². The van der Waals surface area contributed by atoms with Crippen molar-refractivity contribution in [3.8, 4) is 16.9 Å². The predicted octanol–water partition coefficient (Wildman–Crippen LogP) is 6.59. The third-order valence-corrected chi connectivity index (χ3v) is 5.34. The number of hydrogen-bond acceptors (Lipinski definition) is 2. The van der Waals surface area contributed by atoms with Gasteiger partial charge in [-0.25, -0.2) is 0 Å². The number of aryl methyl sites for hydroxylation is 1. The summed E-state index contributed by atoms with van der Waals surface area (Å²) < 4.78 is 6.93. The topological polar surface area (TPSA) is 22.1 Å². The standard InChI is InChI=1S/C24H20BrNO/c1-17-5-10-23(25)24(15-17)27-14-12-18-6-8-20(9-7-18)21-4-2-3-19-11-13-26-16-22(19)21/h2-11,13,15-16H,12,14H2,1H3. The number of ether oxygens (including phenoxy) is 1. The summed E-state index contributed by atoms with van der Waals surface area (Å²) in [4.78, 5) is 4.28. The Morgan fingerprint density at radius 2 is 1.81 bits per heavy atom. The Labute approximate surface area is 168 Å². The second-order valence-electron chi connectivity index (χ2n) is 6.63. The zero-order valence-corrected chi connectivity index (χ0v) is 16.7. The van der Waals surface area contributed by atoms with Crippen LogP contribution >= 0.6 is 15.9 Å². The molecule has 0 N–H and O–H groups in total. The van der Waals surface area contributed by atoms with Crippen molar-refractivity contribution in [3.63, 3.8) is 0 Å². The average Bonchev–Trinajstić information content (AvgIpc) is 2.71. The molecular weight excluding hydrogens is 398 g/mol. The number of rotatable bonds is 5. The minimum atomic E-state index is 0.652. The Morgan fingerprint density at radius 1 is 0.963 bits per heavy atom. The van der Waals surface area contributed by atoms with Gasteiger partial charge < -0.3 is 4.74 Å². The highest BCUT2D eigenvalue weighted by Gasteiger charge is 2.05. The first kappa shape index (κ1) is 17.7. The van der Waals surface area contributed by atoms with Gasteiger partial charge in [-0.3, -0.25) is 4.98 Å². The van der Waals surface area contributed by atoms with Crippen LogP contribution in [0.25, 0.3) is 21.9 Å². The van der Waals surface area contributed by atoms with Gasteiger partial charge in [-0.05, 0) is 68.7 Å². The van der Waals surface area contributed by atoms with E-state index in [4.69, 9.17) is 4.74 Å². The Morgan fingerprint density at radius 3 is 2.67 bits per heavy atom. The van der Waals surface area contributed by atoms with Crippen molar-refractivity contribution in [2.24, 2.45) is 0 Å². The molecule has 0 aliphatic heterocycles. The van der Waals surface area contributed by atoms with Gasteiger partial charge >= 0.3 is 0 Å². The molecule has 1 heterocycles. The second-order valence-corrected chi connectivity index (χ2v) is 7.49. The lowest BCUT2D eigenvalue weighted by Crippen LogP contribution is -2.02. The maximum Gasteiger partial charge on any atom is 0.133 e. The van der Waals surface area contributed by atoms with Gasteiger partial charge in [0.1, 0.15) is 5.75 Å². The summed E-state index contributed by atoms with van der Waals surface area (Å²) in [5, 5.41) is 2.39. The molecule has 3 aromatic carbocycles. The average molecular weight is 418 g/mol. The number of pyridine rings is 1. The van der Waals surface area contributed by atoms with Crippen molar-refractivity contribution in [1.29, 1.82) is 0 Å². The van der Waals surface area contributed by atoms with Crippen molar-refractivity contribution in [1.82, 2.24) is 4.98 Å². The first-order valence-corrected chi connectivity index (χ1v) is 9.81. The molecule has 4 aromatic rings. The van der Waals surface area contributed by atoms with Gasteiger partial charge in [0, 0.05) is 24.2 Å². The van der Waals surface area contributed by atoms with Crippen LogP contribution in [-0.2, 0) is 6.42 Å². The summed E-state index contributed by atoms with van der Waals surface area (Å²) in [6.45, 7) is 2.72. The van der Waals surface area contributed by atoms with Gasteiger partial charge in [0.25, 0.3) is 0 Å². The van der Waals surface area contributed by atoms with Crippen molar-refractivity contribution in [2.75, 3.05) is 6.61 Å². The molecule has 134 valence electrons. The summed E-state index contributed by atoms with van der Waals surface area (Å²) in [6, 6.07) is 23.3. The molecule has 0 unspecified atom stereocenters. The molecule has 0 saturated carbocycles. The molecule has 3 heteroatoms. The minimum absolute atomic E-state index is 0.652. The lowest BCUT2D eigenvalue weighted by atomic mass is 9.98. The molecular formula is C24H20BrNO. The van der Waals surface area contributed by atoms with E-state index < -0.39 is 0 Å². The summed E-state index contributed by atoms with van der Waals surface area (Å²) in [5.41, 5.74) is 4.88. The molecule has 0 saturated heterocycles. The molecule has 27 heavy (non-hydrogen) atoms. The third kappa shape index (κ3) is 4.04. The van der Waals surface area contributed by atoms with Crippen LogP contribution in [0, 0.1) is 6.92 Å². The predicted molar refractivity (Wildman–Crippen MR) is 115 cm³/mol. The zero-order chi connectivity index (χ0) is 18.6. The van der Waals surface area contributed by atoms with E-state index in [1.54, 1.807) is 0 Å². The van der Waals surface area contributed by atoms with Crippen LogP contribution in [0.3, 0.4) is 0 Å². The monoisotopic (exact) mass is 417 g/mol. The van der Waals surface area contributed by atoms with Crippen LogP contribution in [0.1, 0.15) is 11.1 Å². The fourth-order valence-corrected chi connectivity index (χ4v) is 3.58. The molecule has 0 bridgehead atoms. The smallest absolute Gasteiger partial charge is 0.133 e. The summed E-state index contributed by atoms with van der Waals surface area (Å²) in [6.07, 6.45) is 4.64. The van der Waals surface area contributed by atoms with Crippen LogP contribution < -0.4 is 4.74 Å². The van der Waals surface area contributed by atoms with E-state index in [0.717, 1.165) is 16.6 Å². The first-order valence-electron chi connectivity index (χ1n) is 9.02. The van der Waals surface area contributed by atoms with Crippen molar-refractivity contribution >= 4 is 26.7 Å². The molecule has 0 aliphatic carbocycles. The Kier molecular flexibility index (Phi) is 5.21. The van der Waals surface area contributed by atoms with Crippen LogP contribution in [0.2, 0.25) is 0 Å². The fraction of sp³-hybridized carbons (Fsp3) is 0.125. The van der Waals surface area contributed by atoms with E-state index in [0.29, 0.717) is 6.61 Å². The normalized spacial score (nSPS) is 10.9. The van der Waals surface area contributed by atoms with Gasteiger partial charge in [0.15, 0.2) is 0 Å². The molecule has 0 aliphatic rings. The number of hydrogen-bond donors (Lipinski definition) is 0. The number of nitrogens with zero attached hydrogens (tertiary/aromatic N) is 1. The molecule has 4 rings (SSSR count). The highest BCUT2D eigenvalue weighted by Crippen LogP contribution is 2.29. The van der Waals surface area contributed by atoms with Crippen LogP contribution in [-0.4, -0.2) is 11.6 Å². The number of aromatic nitrogens is 1. The van der Waals surface area contributed by atoms with Crippen LogP contribution in [0.15, 0.2) is 83.6 Å². The molecule has 0 spiro atoms. The van der Waals surface area contributed by atoms with Crippen molar-refractivity contribution in [3.05, 3.63) is 94.7 Å². The number of benzene rings is 3. The second kappa shape index (κ2) is 7.93. The molecule has 0 radical (unpaired) electrons. The van der Waals surface area contributed by atoms with E-state index in [-0.39, 0.29) is 0 Å². The van der Waals surface area contributed by atoms with Crippen LogP contribution in [0.4, 0.5) is 0 Å². The van der Waals surface area contributed by atoms with Gasteiger partial charge in [-0.1, -0.05) is 48.5 Å². The number of halogens is 1. The van der Waals surface area contributed by atoms with E-state index >= 15 is 0 Å². The molecule has 0 atom stereocenters. The quantitative estimate of drug-likeness (QED) is 0.365. The van der Waals surface area contributed by atoms with E-state index in [2.05, 4.69) is 82.4 Å². The van der Waals surface area contributed by atoms with E-state index in [9.17, 15) is 0 Å². The minimum Gasteiger partial charge on any atom is -0.492 e. The Bertz CT molecular complexity index is 1070.